The Morgan fingerprint density at radius 3 is 3.24 bits per heavy atom. The molecule has 0 saturated carbocycles. The molecule has 3 rings (SSSR count). The molecule has 1 aromatic carbocycles. The van der Waals surface area contributed by atoms with Gasteiger partial charge in [0, 0.05) is 29.9 Å². The van der Waals surface area contributed by atoms with E-state index in [0.29, 0.717) is 18.9 Å². The number of halogens is 1. The Morgan fingerprint density at radius 2 is 2.43 bits per heavy atom. The first-order chi connectivity index (χ1) is 10.2. The summed E-state index contributed by atoms with van der Waals surface area (Å²) in [5.74, 6) is 0.115. The van der Waals surface area contributed by atoms with E-state index in [2.05, 4.69) is 37.6 Å². The number of aryl methyl sites for hydroxylation is 1. The van der Waals surface area contributed by atoms with Crippen molar-refractivity contribution in [2.75, 3.05) is 13.1 Å². The number of hydrogen-bond acceptors (Lipinski definition) is 4. The maximum absolute atomic E-state index is 11.9. The normalized spacial score (nSPS) is 18.2. The zero-order valence-corrected chi connectivity index (χ0v) is 14.1. The van der Waals surface area contributed by atoms with Gasteiger partial charge in [-0.2, -0.15) is 0 Å². The molecule has 1 atom stereocenters. The molecule has 0 spiro atoms. The van der Waals surface area contributed by atoms with Gasteiger partial charge in [0.2, 0.25) is 5.91 Å². The van der Waals surface area contributed by atoms with Crippen LogP contribution in [0.25, 0.3) is 10.2 Å². The lowest BCUT2D eigenvalue weighted by molar-refractivity contribution is -0.121. The predicted molar refractivity (Wildman–Crippen MR) is 89.7 cm³/mol. The van der Waals surface area contributed by atoms with Crippen molar-refractivity contribution in [3.8, 4) is 0 Å². The number of rotatable bonds is 5. The molecule has 0 aliphatic carbocycles. The maximum atomic E-state index is 11.9. The summed E-state index contributed by atoms with van der Waals surface area (Å²) < 4.78 is 2.21. The van der Waals surface area contributed by atoms with E-state index in [9.17, 15) is 4.79 Å². The van der Waals surface area contributed by atoms with Crippen LogP contribution in [0.2, 0.25) is 0 Å². The standard InChI is InChI=1S/C15H18BrN3OS/c16-10-3-4-13-12(8-10)19-15(21-13)6-5-14(20)18-9-11-2-1-7-17-11/h3-4,8,11,17H,1-2,5-7,9H2,(H,18,20). The van der Waals surface area contributed by atoms with Gasteiger partial charge >= 0.3 is 0 Å². The maximum Gasteiger partial charge on any atom is 0.220 e. The highest BCUT2D eigenvalue weighted by Gasteiger charge is 2.14. The van der Waals surface area contributed by atoms with Crippen molar-refractivity contribution in [1.82, 2.24) is 15.6 Å². The lowest BCUT2D eigenvalue weighted by Gasteiger charge is -2.10. The molecule has 0 bridgehead atoms. The Kier molecular flexibility index (Phi) is 4.87. The quantitative estimate of drug-likeness (QED) is 0.854. The third-order valence-electron chi connectivity index (χ3n) is 3.67. The first-order valence-electron chi connectivity index (χ1n) is 7.26. The summed E-state index contributed by atoms with van der Waals surface area (Å²) in [6, 6.07) is 6.55. The molecule has 21 heavy (non-hydrogen) atoms. The minimum atomic E-state index is 0.115. The summed E-state index contributed by atoms with van der Waals surface area (Å²) in [4.78, 5) is 16.5. The fraction of sp³-hybridized carbons (Fsp3) is 0.467. The predicted octanol–water partition coefficient (Wildman–Crippen LogP) is 2.86. The van der Waals surface area contributed by atoms with E-state index < -0.39 is 0 Å². The molecule has 1 aliphatic rings. The van der Waals surface area contributed by atoms with E-state index in [1.807, 2.05) is 12.1 Å². The number of amides is 1. The number of aromatic nitrogens is 1. The van der Waals surface area contributed by atoms with Gasteiger partial charge in [0.05, 0.1) is 15.2 Å². The highest BCUT2D eigenvalue weighted by Crippen LogP contribution is 2.25. The van der Waals surface area contributed by atoms with E-state index in [0.717, 1.165) is 34.5 Å². The van der Waals surface area contributed by atoms with Crippen molar-refractivity contribution in [2.45, 2.75) is 31.7 Å². The molecule has 6 heteroatoms. The molecule has 1 unspecified atom stereocenters. The highest BCUT2D eigenvalue weighted by atomic mass is 79.9. The van der Waals surface area contributed by atoms with Crippen molar-refractivity contribution in [1.29, 1.82) is 0 Å². The molecular weight excluding hydrogens is 350 g/mol. The molecular formula is C15H18BrN3OS. The van der Waals surface area contributed by atoms with Crippen LogP contribution in [0.5, 0.6) is 0 Å². The molecule has 1 saturated heterocycles. The largest absolute Gasteiger partial charge is 0.355 e. The van der Waals surface area contributed by atoms with E-state index in [1.54, 1.807) is 11.3 Å². The second kappa shape index (κ2) is 6.85. The topological polar surface area (TPSA) is 54.0 Å². The zero-order valence-electron chi connectivity index (χ0n) is 11.7. The molecule has 2 heterocycles. The summed E-state index contributed by atoms with van der Waals surface area (Å²) in [6.07, 6.45) is 3.59. The van der Waals surface area contributed by atoms with E-state index in [4.69, 9.17) is 0 Å². The Labute approximate surface area is 136 Å². The number of nitrogens with one attached hydrogen (secondary N) is 2. The Balaban J connectivity index is 1.49. The van der Waals surface area contributed by atoms with E-state index in [1.165, 1.54) is 11.1 Å². The van der Waals surface area contributed by atoms with Crippen LogP contribution in [0.4, 0.5) is 0 Å². The monoisotopic (exact) mass is 367 g/mol. The average Bonchev–Trinajstić information content (AvgIpc) is 3.11. The van der Waals surface area contributed by atoms with E-state index in [-0.39, 0.29) is 5.91 Å². The molecule has 2 N–H and O–H groups in total. The van der Waals surface area contributed by atoms with Gasteiger partial charge in [-0.05, 0) is 37.6 Å². The summed E-state index contributed by atoms with van der Waals surface area (Å²) in [7, 11) is 0. The fourth-order valence-corrected chi connectivity index (χ4v) is 3.83. The van der Waals surface area contributed by atoms with Crippen LogP contribution in [0.3, 0.4) is 0 Å². The van der Waals surface area contributed by atoms with Crippen LogP contribution in [-0.4, -0.2) is 30.0 Å². The van der Waals surface area contributed by atoms with Crippen molar-refractivity contribution in [3.05, 3.63) is 27.7 Å². The minimum absolute atomic E-state index is 0.115. The lowest BCUT2D eigenvalue weighted by atomic mass is 10.2. The van der Waals surface area contributed by atoms with Gasteiger partial charge < -0.3 is 10.6 Å². The molecule has 1 amide bonds. The van der Waals surface area contributed by atoms with Crippen LogP contribution in [-0.2, 0) is 11.2 Å². The second-order valence-electron chi connectivity index (χ2n) is 5.32. The number of nitrogens with zero attached hydrogens (tertiary/aromatic N) is 1. The minimum Gasteiger partial charge on any atom is -0.355 e. The van der Waals surface area contributed by atoms with Gasteiger partial charge in [0.1, 0.15) is 0 Å². The van der Waals surface area contributed by atoms with Gasteiger partial charge in [-0.3, -0.25) is 4.79 Å². The summed E-state index contributed by atoms with van der Waals surface area (Å²) in [5, 5.41) is 7.41. The number of carbonyl (C=O) groups excluding carboxylic acids is 1. The molecule has 2 aromatic rings. The Morgan fingerprint density at radius 1 is 1.52 bits per heavy atom. The highest BCUT2D eigenvalue weighted by molar-refractivity contribution is 9.10. The third-order valence-corrected chi connectivity index (χ3v) is 5.26. The van der Waals surface area contributed by atoms with Gasteiger partial charge in [0.15, 0.2) is 0 Å². The first-order valence-corrected chi connectivity index (χ1v) is 8.87. The van der Waals surface area contributed by atoms with Crippen molar-refractivity contribution < 1.29 is 4.79 Å². The molecule has 0 radical (unpaired) electrons. The van der Waals surface area contributed by atoms with Crippen LogP contribution >= 0.6 is 27.3 Å². The number of benzene rings is 1. The van der Waals surface area contributed by atoms with Crippen molar-refractivity contribution in [2.24, 2.45) is 0 Å². The Bertz CT molecular complexity index is 637. The Hall–Kier alpha value is -0.980. The summed E-state index contributed by atoms with van der Waals surface area (Å²) in [6.45, 7) is 1.81. The SMILES string of the molecule is O=C(CCc1nc2cc(Br)ccc2s1)NCC1CCCN1. The summed E-state index contributed by atoms with van der Waals surface area (Å²) in [5.41, 5.74) is 1.000. The fourth-order valence-electron chi connectivity index (χ4n) is 2.53. The van der Waals surface area contributed by atoms with E-state index >= 15 is 0 Å². The van der Waals surface area contributed by atoms with Gasteiger partial charge in [-0.25, -0.2) is 4.98 Å². The lowest BCUT2D eigenvalue weighted by Crippen LogP contribution is -2.37. The average molecular weight is 368 g/mol. The number of hydrogen-bond donors (Lipinski definition) is 2. The smallest absolute Gasteiger partial charge is 0.220 e. The van der Waals surface area contributed by atoms with Crippen LogP contribution in [0.15, 0.2) is 22.7 Å². The second-order valence-corrected chi connectivity index (χ2v) is 7.35. The molecule has 112 valence electrons. The number of fused-ring (bicyclic) bond motifs is 1. The van der Waals surface area contributed by atoms with Gasteiger partial charge in [0.25, 0.3) is 0 Å². The van der Waals surface area contributed by atoms with Crippen LogP contribution < -0.4 is 10.6 Å². The number of carbonyl (C=O) groups is 1. The molecule has 1 fully saturated rings. The number of thiazole rings is 1. The third kappa shape index (κ3) is 4.02. The van der Waals surface area contributed by atoms with Crippen LogP contribution in [0, 0.1) is 0 Å². The zero-order chi connectivity index (χ0) is 14.7. The van der Waals surface area contributed by atoms with Crippen LogP contribution in [0.1, 0.15) is 24.3 Å². The van der Waals surface area contributed by atoms with Gasteiger partial charge in [-0.15, -0.1) is 11.3 Å². The first kappa shape index (κ1) is 14.9. The molecule has 4 nitrogen and oxygen atoms in total. The summed E-state index contributed by atoms with van der Waals surface area (Å²) >= 11 is 5.12. The molecule has 1 aromatic heterocycles. The molecule has 1 aliphatic heterocycles. The van der Waals surface area contributed by atoms with Gasteiger partial charge in [-0.1, -0.05) is 15.9 Å². The van der Waals surface area contributed by atoms with Crippen molar-refractivity contribution >= 4 is 43.4 Å². The van der Waals surface area contributed by atoms with Crippen molar-refractivity contribution in [3.63, 3.8) is 0 Å².